The van der Waals surface area contributed by atoms with Crippen LogP contribution in [0.4, 0.5) is 0 Å². The molecule has 0 saturated carbocycles. The zero-order valence-electron chi connectivity index (χ0n) is 12.3. The first-order valence-electron chi connectivity index (χ1n) is 6.61. The number of hydrogen-bond acceptors (Lipinski definition) is 7. The molecule has 7 nitrogen and oxygen atoms in total. The lowest BCUT2D eigenvalue weighted by molar-refractivity contribution is -0.289. The highest BCUT2D eigenvalue weighted by molar-refractivity contribution is 7.94. The summed E-state index contributed by atoms with van der Waals surface area (Å²) in [5.41, 5.74) is 0. The van der Waals surface area contributed by atoms with Crippen molar-refractivity contribution in [3.8, 4) is 0 Å². The maximum Gasteiger partial charge on any atom is 0.186 e. The molecular weight excluding hydrogens is 286 g/mol. The fourth-order valence-electron chi connectivity index (χ4n) is 2.17. The lowest BCUT2D eigenvalue weighted by atomic mass is 9.97. The molecular formula is C12H25NO6S. The van der Waals surface area contributed by atoms with Gasteiger partial charge in [0, 0.05) is 34.9 Å². The van der Waals surface area contributed by atoms with E-state index in [0.29, 0.717) is 0 Å². The first-order valence-corrected chi connectivity index (χ1v) is 8.35. The number of nitrogens with zero attached hydrogens (tertiary/aromatic N) is 1. The summed E-state index contributed by atoms with van der Waals surface area (Å²) in [4.78, 5) is 0. The van der Waals surface area contributed by atoms with Crippen LogP contribution < -0.4 is 0 Å². The molecule has 1 aliphatic heterocycles. The molecule has 0 aromatic rings. The van der Waals surface area contributed by atoms with Crippen molar-refractivity contribution in [2.45, 2.75) is 56.2 Å². The first-order chi connectivity index (χ1) is 9.26. The van der Waals surface area contributed by atoms with Gasteiger partial charge in [-0.05, 0) is 6.42 Å². The minimum atomic E-state index is -2.37. The molecule has 0 aromatic heterocycles. The summed E-state index contributed by atoms with van der Waals surface area (Å²) < 4.78 is 26.7. The Balaban J connectivity index is 2.75. The highest BCUT2D eigenvalue weighted by atomic mass is 32.2. The normalized spacial score (nSPS) is 37.7. The molecule has 8 heteroatoms. The molecule has 0 aromatic carbocycles. The van der Waals surface area contributed by atoms with Crippen LogP contribution in [0.5, 0.6) is 0 Å². The Hall–Kier alpha value is -0.250. The van der Waals surface area contributed by atoms with E-state index < -0.39 is 40.4 Å². The topological polar surface area (TPSA) is 109 Å². The van der Waals surface area contributed by atoms with Gasteiger partial charge in [-0.25, -0.2) is 8.57 Å². The van der Waals surface area contributed by atoms with Crippen LogP contribution in [0, 0.1) is 0 Å². The van der Waals surface area contributed by atoms with E-state index in [9.17, 15) is 19.5 Å². The first kappa shape index (κ1) is 17.8. The predicted octanol–water partition coefficient (Wildman–Crippen LogP) is -0.663. The van der Waals surface area contributed by atoms with Crippen LogP contribution in [-0.4, -0.2) is 75.4 Å². The average molecular weight is 311 g/mol. The third-order valence-corrected chi connectivity index (χ3v) is 6.55. The molecule has 20 heavy (non-hydrogen) atoms. The van der Waals surface area contributed by atoms with E-state index in [2.05, 4.69) is 4.36 Å². The van der Waals surface area contributed by atoms with Crippen molar-refractivity contribution in [1.29, 1.82) is 0 Å². The number of rotatable bonds is 5. The Kier molecular flexibility index (Phi) is 6.36. The minimum Gasteiger partial charge on any atom is -0.388 e. The third-order valence-electron chi connectivity index (χ3n) is 3.64. The summed E-state index contributed by atoms with van der Waals surface area (Å²) in [6, 6.07) is 0. The van der Waals surface area contributed by atoms with Gasteiger partial charge in [-0.2, -0.15) is 0 Å². The second-order valence-electron chi connectivity index (χ2n) is 5.16. The van der Waals surface area contributed by atoms with Gasteiger partial charge in [-0.15, -0.1) is 0 Å². The highest BCUT2D eigenvalue weighted by Crippen LogP contribution is 2.24. The molecule has 3 N–H and O–H groups in total. The van der Waals surface area contributed by atoms with E-state index in [1.54, 1.807) is 0 Å². The van der Waals surface area contributed by atoms with Crippen LogP contribution in [0.1, 0.15) is 20.3 Å². The number of methoxy groups -OCH3 is 1. The molecule has 1 rings (SSSR count). The van der Waals surface area contributed by atoms with Crippen LogP contribution in [0.25, 0.3) is 0 Å². The lowest BCUT2D eigenvalue weighted by Crippen LogP contribution is -2.58. The third kappa shape index (κ3) is 3.69. The van der Waals surface area contributed by atoms with Crippen LogP contribution in [-0.2, 0) is 19.2 Å². The number of ether oxygens (including phenoxy) is 2. The van der Waals surface area contributed by atoms with Gasteiger partial charge in [-0.3, -0.25) is 0 Å². The maximum absolute atomic E-state index is 12.5. The van der Waals surface area contributed by atoms with Crippen molar-refractivity contribution >= 4 is 9.73 Å². The van der Waals surface area contributed by atoms with Gasteiger partial charge in [0.05, 0.1) is 6.10 Å². The van der Waals surface area contributed by atoms with Crippen molar-refractivity contribution in [2.75, 3.05) is 19.9 Å². The predicted molar refractivity (Wildman–Crippen MR) is 74.8 cm³/mol. The van der Waals surface area contributed by atoms with Gasteiger partial charge < -0.3 is 24.8 Å². The molecule has 0 amide bonds. The van der Waals surface area contributed by atoms with Gasteiger partial charge in [0.15, 0.2) is 6.29 Å². The Bertz CT molecular complexity index is 418. The average Bonchev–Trinajstić information content (AvgIpc) is 2.43. The van der Waals surface area contributed by atoms with E-state index in [-0.39, 0.29) is 17.4 Å². The van der Waals surface area contributed by atoms with Gasteiger partial charge in [-0.1, -0.05) is 13.8 Å². The summed E-state index contributed by atoms with van der Waals surface area (Å²) >= 11 is 0. The molecule has 0 aliphatic carbocycles. The second-order valence-corrected chi connectivity index (χ2v) is 8.26. The molecule has 0 radical (unpaired) electrons. The van der Waals surface area contributed by atoms with Crippen LogP contribution >= 0.6 is 0 Å². The Labute approximate surface area is 120 Å². The smallest absolute Gasteiger partial charge is 0.186 e. The monoisotopic (exact) mass is 311 g/mol. The number of aliphatic hydroxyl groups excluding tert-OH is 3. The molecule has 1 heterocycles. The Morgan fingerprint density at radius 2 is 1.85 bits per heavy atom. The molecule has 6 atom stereocenters. The SMILES string of the molecule is CN=S(=O)(CC[C@H]1O[C@H](OC)[C@@H](O)[C@@H](O)[C@@H]1O)C(C)C. The van der Waals surface area contributed by atoms with Crippen LogP contribution in [0.2, 0.25) is 0 Å². The van der Waals surface area contributed by atoms with Crippen molar-refractivity contribution in [2.24, 2.45) is 4.36 Å². The fraction of sp³-hybridized carbons (Fsp3) is 1.00. The summed E-state index contributed by atoms with van der Waals surface area (Å²) in [5.74, 6) is 0.252. The van der Waals surface area contributed by atoms with E-state index in [1.807, 2.05) is 13.8 Å². The van der Waals surface area contributed by atoms with E-state index in [4.69, 9.17) is 9.47 Å². The van der Waals surface area contributed by atoms with Crippen molar-refractivity contribution in [1.82, 2.24) is 0 Å². The van der Waals surface area contributed by atoms with Gasteiger partial charge >= 0.3 is 0 Å². The van der Waals surface area contributed by atoms with E-state index in [1.165, 1.54) is 14.2 Å². The quantitative estimate of drug-likeness (QED) is 0.622. The minimum absolute atomic E-state index is 0.109. The molecule has 0 bridgehead atoms. The van der Waals surface area contributed by atoms with Gasteiger partial charge in [0.1, 0.15) is 18.3 Å². The molecule has 120 valence electrons. The van der Waals surface area contributed by atoms with Crippen LogP contribution in [0.15, 0.2) is 4.36 Å². The molecule has 1 fully saturated rings. The largest absolute Gasteiger partial charge is 0.388 e. The maximum atomic E-state index is 12.5. The molecule has 0 spiro atoms. The van der Waals surface area contributed by atoms with E-state index in [0.717, 1.165) is 0 Å². The summed E-state index contributed by atoms with van der Waals surface area (Å²) in [6.45, 7) is 3.65. The molecule has 1 saturated heterocycles. The summed E-state index contributed by atoms with van der Waals surface area (Å²) in [6.07, 6.45) is -5.40. The van der Waals surface area contributed by atoms with Gasteiger partial charge in [0.25, 0.3) is 0 Å². The van der Waals surface area contributed by atoms with Crippen LogP contribution in [0.3, 0.4) is 0 Å². The molecule has 1 aliphatic rings. The number of aliphatic hydroxyl groups is 3. The zero-order chi connectivity index (χ0) is 15.5. The number of hydrogen-bond donors (Lipinski definition) is 3. The Morgan fingerprint density at radius 1 is 1.25 bits per heavy atom. The molecule has 1 unspecified atom stereocenters. The summed E-state index contributed by atoms with van der Waals surface area (Å²) in [5, 5.41) is 29.2. The second kappa shape index (κ2) is 7.15. The fourth-order valence-corrected chi connectivity index (χ4v) is 3.82. The lowest BCUT2D eigenvalue weighted by Gasteiger charge is -2.40. The van der Waals surface area contributed by atoms with Crippen molar-refractivity contribution in [3.05, 3.63) is 0 Å². The van der Waals surface area contributed by atoms with Crippen molar-refractivity contribution < 1.29 is 29.0 Å². The zero-order valence-corrected chi connectivity index (χ0v) is 13.1. The van der Waals surface area contributed by atoms with Crippen molar-refractivity contribution in [3.63, 3.8) is 0 Å². The standard InChI is InChI=1S/C12H25NO6S/c1-7(2)20(17,13-3)6-5-8-9(14)10(15)11(16)12(18-4)19-8/h7-12,14-16H,5-6H2,1-4H3/t8-,9-,10+,11+,12+,20?/m1/s1. The summed E-state index contributed by atoms with van der Waals surface area (Å²) in [7, 11) is 0.480. The van der Waals surface area contributed by atoms with E-state index >= 15 is 0 Å². The highest BCUT2D eigenvalue weighted by Gasteiger charge is 2.43. The Morgan fingerprint density at radius 3 is 2.30 bits per heavy atom. The van der Waals surface area contributed by atoms with Gasteiger partial charge in [0.2, 0.25) is 0 Å².